The van der Waals surface area contributed by atoms with Crippen LogP contribution in [0.2, 0.25) is 5.02 Å². The molecule has 2 aromatic carbocycles. The Hall–Kier alpha value is -1.86. The van der Waals surface area contributed by atoms with Crippen molar-refractivity contribution >= 4 is 11.6 Å². The summed E-state index contributed by atoms with van der Waals surface area (Å²) < 4.78 is 0. The Morgan fingerprint density at radius 1 is 1.19 bits per heavy atom. The summed E-state index contributed by atoms with van der Waals surface area (Å²) in [5.74, 6) is 0. The van der Waals surface area contributed by atoms with Gasteiger partial charge in [-0.25, -0.2) is 0 Å². The first-order valence-corrected chi connectivity index (χ1v) is 7.15. The number of aliphatic hydroxyl groups is 1. The van der Waals surface area contributed by atoms with E-state index in [-0.39, 0.29) is 6.04 Å². The Labute approximate surface area is 129 Å². The number of aliphatic hydroxyl groups excluding tert-OH is 1. The molecule has 2 aromatic rings. The highest BCUT2D eigenvalue weighted by Crippen LogP contribution is 2.19. The lowest BCUT2D eigenvalue weighted by Crippen LogP contribution is -2.24. The van der Waals surface area contributed by atoms with Gasteiger partial charge in [0.15, 0.2) is 0 Å². The van der Waals surface area contributed by atoms with Gasteiger partial charge in [-0.15, -0.1) is 0 Å². The fourth-order valence-corrected chi connectivity index (χ4v) is 2.28. The third-order valence-electron chi connectivity index (χ3n) is 3.39. The first-order valence-electron chi connectivity index (χ1n) is 6.77. The minimum atomic E-state index is -0.612. The van der Waals surface area contributed by atoms with Gasteiger partial charge in [0.2, 0.25) is 0 Å². The van der Waals surface area contributed by atoms with E-state index >= 15 is 0 Å². The molecule has 0 heterocycles. The van der Waals surface area contributed by atoms with Gasteiger partial charge in [0.05, 0.1) is 17.7 Å². The number of benzene rings is 2. The van der Waals surface area contributed by atoms with Crippen LogP contribution in [0.4, 0.5) is 0 Å². The summed E-state index contributed by atoms with van der Waals surface area (Å²) in [6, 6.07) is 16.8. The number of hydrogen-bond acceptors (Lipinski definition) is 3. The summed E-state index contributed by atoms with van der Waals surface area (Å²) in [4.78, 5) is 0. The summed E-state index contributed by atoms with van der Waals surface area (Å²) in [6.07, 6.45) is -0.612. The molecular formula is C17H17ClN2O. The average Bonchev–Trinajstić information content (AvgIpc) is 2.52. The zero-order chi connectivity index (χ0) is 15.2. The van der Waals surface area contributed by atoms with E-state index in [9.17, 15) is 5.11 Å². The average molecular weight is 301 g/mol. The summed E-state index contributed by atoms with van der Waals surface area (Å²) in [6.45, 7) is 2.46. The van der Waals surface area contributed by atoms with E-state index in [1.807, 2.05) is 31.2 Å². The van der Waals surface area contributed by atoms with Gasteiger partial charge in [0.1, 0.15) is 0 Å². The van der Waals surface area contributed by atoms with Gasteiger partial charge in [-0.05, 0) is 42.3 Å². The van der Waals surface area contributed by atoms with Crippen LogP contribution in [0.1, 0.15) is 35.8 Å². The van der Waals surface area contributed by atoms with Crippen LogP contribution in [-0.4, -0.2) is 11.7 Å². The van der Waals surface area contributed by atoms with Gasteiger partial charge < -0.3 is 10.4 Å². The number of nitrogens with zero attached hydrogens (tertiary/aromatic N) is 1. The van der Waals surface area contributed by atoms with Crippen LogP contribution >= 0.6 is 11.6 Å². The molecule has 21 heavy (non-hydrogen) atoms. The third kappa shape index (κ3) is 4.30. The van der Waals surface area contributed by atoms with E-state index in [1.54, 1.807) is 24.3 Å². The second-order valence-corrected chi connectivity index (χ2v) is 5.37. The minimum Gasteiger partial charge on any atom is -0.387 e. The molecule has 108 valence electrons. The summed E-state index contributed by atoms with van der Waals surface area (Å²) in [7, 11) is 0. The topological polar surface area (TPSA) is 56.0 Å². The molecule has 0 amide bonds. The predicted molar refractivity (Wildman–Crippen MR) is 84.0 cm³/mol. The van der Waals surface area contributed by atoms with E-state index in [0.717, 1.165) is 11.1 Å². The molecule has 0 saturated heterocycles. The number of rotatable bonds is 5. The van der Waals surface area contributed by atoms with E-state index in [2.05, 4.69) is 11.4 Å². The number of hydrogen-bond donors (Lipinski definition) is 2. The molecule has 2 rings (SSSR count). The molecule has 0 aromatic heterocycles. The van der Waals surface area contributed by atoms with Crippen LogP contribution in [0.25, 0.3) is 0 Å². The van der Waals surface area contributed by atoms with Crippen molar-refractivity contribution in [3.63, 3.8) is 0 Å². The molecule has 1 unspecified atom stereocenters. The number of nitrogens with one attached hydrogen (secondary N) is 1. The number of nitriles is 1. The quantitative estimate of drug-likeness (QED) is 0.887. The number of halogens is 1. The molecule has 0 bridgehead atoms. The van der Waals surface area contributed by atoms with Crippen molar-refractivity contribution in [1.82, 2.24) is 5.32 Å². The van der Waals surface area contributed by atoms with Crippen LogP contribution in [-0.2, 0) is 0 Å². The molecule has 0 saturated carbocycles. The second kappa shape index (κ2) is 7.24. The van der Waals surface area contributed by atoms with Crippen LogP contribution in [0.15, 0.2) is 48.5 Å². The van der Waals surface area contributed by atoms with Gasteiger partial charge in [-0.2, -0.15) is 5.26 Å². The second-order valence-electron chi connectivity index (χ2n) is 4.93. The van der Waals surface area contributed by atoms with Crippen molar-refractivity contribution in [3.8, 4) is 6.07 Å². The summed E-state index contributed by atoms with van der Waals surface area (Å²) in [5, 5.41) is 22.9. The zero-order valence-electron chi connectivity index (χ0n) is 11.8. The largest absolute Gasteiger partial charge is 0.387 e. The molecule has 0 aliphatic heterocycles. The molecule has 0 aliphatic rings. The van der Waals surface area contributed by atoms with Crippen molar-refractivity contribution in [3.05, 3.63) is 70.2 Å². The van der Waals surface area contributed by atoms with Gasteiger partial charge in [0, 0.05) is 17.6 Å². The Morgan fingerprint density at radius 3 is 2.52 bits per heavy atom. The van der Waals surface area contributed by atoms with Gasteiger partial charge >= 0.3 is 0 Å². The van der Waals surface area contributed by atoms with Crippen LogP contribution in [0, 0.1) is 11.3 Å². The Morgan fingerprint density at radius 2 is 1.90 bits per heavy atom. The lowest BCUT2D eigenvalue weighted by Gasteiger charge is -2.18. The Kier molecular flexibility index (Phi) is 5.35. The molecular weight excluding hydrogens is 284 g/mol. The highest BCUT2D eigenvalue weighted by atomic mass is 35.5. The van der Waals surface area contributed by atoms with Gasteiger partial charge in [-0.3, -0.25) is 0 Å². The van der Waals surface area contributed by atoms with Crippen molar-refractivity contribution in [2.45, 2.75) is 19.1 Å². The maximum absolute atomic E-state index is 10.2. The fraction of sp³-hybridized carbons (Fsp3) is 0.235. The van der Waals surface area contributed by atoms with Crippen LogP contribution < -0.4 is 5.32 Å². The SMILES string of the molecule is C[C@H](NCC(O)c1ccc(C#N)cc1)c1cccc(Cl)c1. The molecule has 0 fully saturated rings. The Balaban J connectivity index is 1.94. The smallest absolute Gasteiger partial charge is 0.0991 e. The highest BCUT2D eigenvalue weighted by Gasteiger charge is 2.11. The molecule has 3 nitrogen and oxygen atoms in total. The van der Waals surface area contributed by atoms with E-state index in [0.29, 0.717) is 17.1 Å². The summed E-state index contributed by atoms with van der Waals surface area (Å²) in [5.41, 5.74) is 2.46. The van der Waals surface area contributed by atoms with Crippen LogP contribution in [0.5, 0.6) is 0 Å². The predicted octanol–water partition coefficient (Wildman–Crippen LogP) is 3.60. The lowest BCUT2D eigenvalue weighted by atomic mass is 10.1. The third-order valence-corrected chi connectivity index (χ3v) is 3.63. The lowest BCUT2D eigenvalue weighted by molar-refractivity contribution is 0.171. The molecule has 2 N–H and O–H groups in total. The molecule has 0 radical (unpaired) electrons. The van der Waals surface area contributed by atoms with E-state index < -0.39 is 6.10 Å². The maximum Gasteiger partial charge on any atom is 0.0991 e. The van der Waals surface area contributed by atoms with Crippen LogP contribution in [0.3, 0.4) is 0 Å². The normalized spacial score (nSPS) is 13.4. The van der Waals surface area contributed by atoms with E-state index in [1.165, 1.54) is 0 Å². The van der Waals surface area contributed by atoms with Gasteiger partial charge in [-0.1, -0.05) is 35.9 Å². The maximum atomic E-state index is 10.2. The molecule has 0 aliphatic carbocycles. The minimum absolute atomic E-state index is 0.0942. The molecule has 2 atom stereocenters. The highest BCUT2D eigenvalue weighted by molar-refractivity contribution is 6.30. The standard InChI is InChI=1S/C17H17ClN2O/c1-12(15-3-2-4-16(18)9-15)20-11-17(21)14-7-5-13(10-19)6-8-14/h2-9,12,17,20-21H,11H2,1H3/t12-,17?/m0/s1. The van der Waals surface area contributed by atoms with Crippen molar-refractivity contribution < 1.29 is 5.11 Å². The fourth-order valence-electron chi connectivity index (χ4n) is 2.08. The van der Waals surface area contributed by atoms with Crippen molar-refractivity contribution in [2.75, 3.05) is 6.54 Å². The van der Waals surface area contributed by atoms with Crippen molar-refractivity contribution in [1.29, 1.82) is 5.26 Å². The first-order chi connectivity index (χ1) is 10.1. The van der Waals surface area contributed by atoms with Crippen molar-refractivity contribution in [2.24, 2.45) is 0 Å². The van der Waals surface area contributed by atoms with Gasteiger partial charge in [0.25, 0.3) is 0 Å². The molecule has 0 spiro atoms. The van der Waals surface area contributed by atoms with E-state index in [4.69, 9.17) is 16.9 Å². The monoisotopic (exact) mass is 300 g/mol. The Bertz CT molecular complexity index is 634. The zero-order valence-corrected chi connectivity index (χ0v) is 12.5. The first kappa shape index (κ1) is 15.5. The summed E-state index contributed by atoms with van der Waals surface area (Å²) >= 11 is 5.97. The molecule has 4 heteroatoms.